The summed E-state index contributed by atoms with van der Waals surface area (Å²) in [6.45, 7) is 9.87. The fourth-order valence-electron chi connectivity index (χ4n) is 10.4. The third-order valence-electron chi connectivity index (χ3n) is 13.4. The summed E-state index contributed by atoms with van der Waals surface area (Å²) in [5, 5.41) is 25.0. The quantitative estimate of drug-likeness (QED) is 0.0500. The second-order valence-corrected chi connectivity index (χ2v) is 17.7. The molecule has 2 N–H and O–H groups in total. The molecule has 3 heterocycles. The lowest BCUT2D eigenvalue weighted by molar-refractivity contribution is -0.256. The predicted octanol–water partition coefficient (Wildman–Crippen LogP) is 9.00. The molecule has 14 nitrogen and oxygen atoms in total. The Balaban J connectivity index is 1.27. The molecule has 7 atom stereocenters. The number of hydrogen-bond donors (Lipinski definition) is 2. The van der Waals surface area contributed by atoms with Gasteiger partial charge in [0.25, 0.3) is 0 Å². The van der Waals surface area contributed by atoms with E-state index in [0.29, 0.717) is 67.8 Å². The summed E-state index contributed by atoms with van der Waals surface area (Å²) in [6.07, 6.45) is 11.9. The number of aliphatic hydroxyl groups is 2. The minimum Gasteiger partial charge on any atom is -0.490 e. The number of carbonyl (C=O) groups excluding carboxylic acids is 1. The van der Waals surface area contributed by atoms with E-state index < -0.39 is 30.1 Å². The van der Waals surface area contributed by atoms with Gasteiger partial charge in [-0.2, -0.15) is 0 Å². The van der Waals surface area contributed by atoms with Crippen LogP contribution < -0.4 is 18.9 Å². The molecule has 0 spiro atoms. The van der Waals surface area contributed by atoms with Crippen LogP contribution in [0.1, 0.15) is 86.8 Å². The topological polar surface area (TPSA) is 156 Å². The van der Waals surface area contributed by atoms with Crippen LogP contribution in [0.25, 0.3) is 0 Å². The molecule has 1 saturated heterocycles. The largest absolute Gasteiger partial charge is 0.490 e. The second-order valence-electron chi connectivity index (χ2n) is 17.7. The molecule has 67 heavy (non-hydrogen) atoms. The number of carbonyl (C=O) groups is 1. The van der Waals surface area contributed by atoms with Crippen LogP contribution in [0.3, 0.4) is 0 Å². The van der Waals surface area contributed by atoms with Gasteiger partial charge in [-0.1, -0.05) is 79.2 Å². The van der Waals surface area contributed by atoms with Gasteiger partial charge in [0, 0.05) is 44.1 Å². The average molecular weight is 923 g/mol. The molecule has 3 aromatic rings. The van der Waals surface area contributed by atoms with Crippen molar-refractivity contribution in [1.29, 1.82) is 0 Å². The van der Waals surface area contributed by atoms with Gasteiger partial charge in [0.05, 0.1) is 38.1 Å². The fraction of sp³-hybridized carbons (Fsp3) is 0.509. The highest BCUT2D eigenvalue weighted by Crippen LogP contribution is 2.62. The monoisotopic (exact) mass is 922 g/mol. The molecule has 14 heteroatoms. The molecule has 1 unspecified atom stereocenters. The van der Waals surface area contributed by atoms with Crippen molar-refractivity contribution in [3.05, 3.63) is 120 Å². The first-order chi connectivity index (χ1) is 33.0. The van der Waals surface area contributed by atoms with E-state index >= 15 is 4.79 Å². The highest BCUT2D eigenvalue weighted by atomic mass is 16.8. The van der Waals surface area contributed by atoms with Crippen molar-refractivity contribution in [3.8, 4) is 23.0 Å². The van der Waals surface area contributed by atoms with E-state index in [4.69, 9.17) is 47.9 Å². The van der Waals surface area contributed by atoms with E-state index in [2.05, 4.69) is 25.3 Å². The highest BCUT2D eigenvalue weighted by Gasteiger charge is 2.66. The Labute approximate surface area is 394 Å². The Hall–Kier alpha value is -5.38. The summed E-state index contributed by atoms with van der Waals surface area (Å²) < 4.78 is 50.4. The molecule has 3 aromatic carbocycles. The normalized spacial score (nSPS) is 25.2. The number of hydrogen-bond acceptors (Lipinski definition) is 13. The van der Waals surface area contributed by atoms with Crippen LogP contribution in [0, 0.1) is 17.8 Å². The minimum atomic E-state index is -1.51. The van der Waals surface area contributed by atoms with E-state index in [1.54, 1.807) is 17.1 Å². The molecule has 0 radical (unpaired) electrons. The van der Waals surface area contributed by atoms with E-state index in [0.717, 1.165) is 60.8 Å². The van der Waals surface area contributed by atoms with Crippen molar-refractivity contribution in [1.82, 2.24) is 4.90 Å². The molecule has 1 saturated carbocycles. The summed E-state index contributed by atoms with van der Waals surface area (Å²) in [5.74, 6) is 0.292. The first-order valence-corrected chi connectivity index (χ1v) is 24.0. The summed E-state index contributed by atoms with van der Waals surface area (Å²) >= 11 is 0. The Kier molecular flexibility index (Phi) is 16.9. The number of nitrogens with zero attached hydrogens (tertiary/aromatic N) is 2. The zero-order valence-corrected chi connectivity index (χ0v) is 38.5. The molecular formula is C53H66N2O12. The molecule has 0 aromatic heterocycles. The lowest BCUT2D eigenvalue weighted by Crippen LogP contribution is -2.70. The Bertz CT molecular complexity index is 2180. The van der Waals surface area contributed by atoms with Crippen molar-refractivity contribution in [2.75, 3.05) is 53.0 Å². The molecule has 3 aliphatic heterocycles. The highest BCUT2D eigenvalue weighted by molar-refractivity contribution is 6.03. The molecule has 5 aliphatic rings. The van der Waals surface area contributed by atoms with Gasteiger partial charge in [0.15, 0.2) is 11.5 Å². The van der Waals surface area contributed by atoms with E-state index in [1.807, 2.05) is 60.7 Å². The molecule has 360 valence electrons. The third-order valence-corrected chi connectivity index (χ3v) is 13.4. The molecular weight excluding hydrogens is 857 g/mol. The van der Waals surface area contributed by atoms with Crippen molar-refractivity contribution >= 4 is 11.8 Å². The van der Waals surface area contributed by atoms with Crippen LogP contribution in [0.5, 0.6) is 23.0 Å². The van der Waals surface area contributed by atoms with Crippen LogP contribution in [0.2, 0.25) is 0 Å². The van der Waals surface area contributed by atoms with Gasteiger partial charge in [-0.3, -0.25) is 4.90 Å². The Morgan fingerprint density at radius 2 is 1.69 bits per heavy atom. The molecule has 1 amide bonds. The number of unbranched alkanes of at least 4 members (excludes halogenated alkanes) is 2. The standard InChI is InChI=1S/C53H66N2O12/c1-3-25-60-40-20-22-45-43(32-40)50-41(17-9-12-24-57)39(16-8-11-23-56)31-42-44(54-67-49-18-10-13-27-61-49)33-48(53(66-45,51(42)50)65-26-4-2)55(34-38-19-21-46-47(30-38)64-36-63-46)52(58)62-29-28-59-35-37-14-6-5-7-15-37/h3-7,14-15,19-22,30-32,39,41,48-51,56-57H,1-2,8-13,16-18,23-29,33-36H2/t39-,41+,48-,49?,50+,51+,53+/m0/s1. The zero-order chi connectivity index (χ0) is 46.4. The number of rotatable bonds is 24. The summed E-state index contributed by atoms with van der Waals surface area (Å²) in [5.41, 5.74) is 4.32. The van der Waals surface area contributed by atoms with Crippen LogP contribution in [-0.2, 0) is 36.9 Å². The lowest BCUT2D eigenvalue weighted by atomic mass is 9.55. The van der Waals surface area contributed by atoms with Crippen LogP contribution in [0.15, 0.2) is 109 Å². The van der Waals surface area contributed by atoms with Crippen LogP contribution in [0.4, 0.5) is 4.79 Å². The van der Waals surface area contributed by atoms with Crippen molar-refractivity contribution < 1.29 is 57.7 Å². The van der Waals surface area contributed by atoms with Crippen LogP contribution in [-0.4, -0.2) is 98.1 Å². The molecule has 2 fully saturated rings. The number of allylic oxidation sites excluding steroid dienone is 1. The van der Waals surface area contributed by atoms with Crippen molar-refractivity contribution in [2.24, 2.45) is 22.9 Å². The molecule has 2 aliphatic carbocycles. The fourth-order valence-corrected chi connectivity index (χ4v) is 10.4. The number of amides is 1. The van der Waals surface area contributed by atoms with Gasteiger partial charge in [-0.25, -0.2) is 4.79 Å². The van der Waals surface area contributed by atoms with Gasteiger partial charge >= 0.3 is 6.09 Å². The number of aliphatic hydroxyl groups excluding tert-OH is 2. The average Bonchev–Trinajstić information content (AvgIpc) is 3.83. The lowest BCUT2D eigenvalue weighted by Gasteiger charge is -2.59. The number of ether oxygens (including phenoxy) is 8. The maximum absolute atomic E-state index is 15.1. The first kappa shape index (κ1) is 48.1. The summed E-state index contributed by atoms with van der Waals surface area (Å²) in [4.78, 5) is 23.1. The minimum absolute atomic E-state index is 0.00352. The maximum Gasteiger partial charge on any atom is 0.410 e. The SMILES string of the molecule is C=CCOc1ccc2c(c1)[C@H]1[C@H](CCCCO)[C@@H](CCCCO)C=C3C(=NOC4CCCCO4)C[C@H](N(Cc4ccc5c(c4)OCO5)C(=O)OCCOCc4ccccc4)[C@@](OCC=C)(O2)[C@H]31. The zero-order valence-electron chi connectivity index (χ0n) is 38.5. The van der Waals surface area contributed by atoms with Gasteiger partial charge in [-0.15, -0.1) is 6.58 Å². The molecule has 0 bridgehead atoms. The summed E-state index contributed by atoms with van der Waals surface area (Å²) in [6, 6.07) is 20.5. The number of oxime groups is 1. The van der Waals surface area contributed by atoms with Gasteiger partial charge < -0.3 is 52.9 Å². The van der Waals surface area contributed by atoms with Crippen LogP contribution >= 0.6 is 0 Å². The Morgan fingerprint density at radius 1 is 0.881 bits per heavy atom. The number of fused-ring (bicyclic) bond motifs is 3. The van der Waals surface area contributed by atoms with E-state index in [1.165, 1.54) is 0 Å². The van der Waals surface area contributed by atoms with E-state index in [9.17, 15) is 10.2 Å². The second kappa shape index (κ2) is 23.6. The maximum atomic E-state index is 15.1. The van der Waals surface area contributed by atoms with Gasteiger partial charge in [0.1, 0.15) is 30.8 Å². The van der Waals surface area contributed by atoms with Crippen molar-refractivity contribution in [2.45, 2.75) is 101 Å². The first-order valence-electron chi connectivity index (χ1n) is 24.0. The van der Waals surface area contributed by atoms with Gasteiger partial charge in [0.2, 0.25) is 18.9 Å². The van der Waals surface area contributed by atoms with E-state index in [-0.39, 0.29) is 70.5 Å². The molecule has 8 rings (SSSR count). The summed E-state index contributed by atoms with van der Waals surface area (Å²) in [7, 11) is 0. The smallest absolute Gasteiger partial charge is 0.410 e. The van der Waals surface area contributed by atoms with Gasteiger partial charge in [-0.05, 0) is 97.4 Å². The predicted molar refractivity (Wildman–Crippen MR) is 251 cm³/mol. The van der Waals surface area contributed by atoms with Crippen molar-refractivity contribution in [3.63, 3.8) is 0 Å². The third kappa shape index (κ3) is 11.3. The Morgan fingerprint density at radius 3 is 2.48 bits per heavy atom. The number of benzene rings is 3.